The van der Waals surface area contributed by atoms with E-state index in [1.165, 1.54) is 13.8 Å². The first-order chi connectivity index (χ1) is 19.9. The lowest BCUT2D eigenvalue weighted by Crippen LogP contribution is -2.66. The van der Waals surface area contributed by atoms with Gasteiger partial charge in [0.2, 0.25) is 5.91 Å². The van der Waals surface area contributed by atoms with Crippen LogP contribution in [0.5, 0.6) is 0 Å². The zero-order chi connectivity index (χ0) is 31.6. The van der Waals surface area contributed by atoms with Gasteiger partial charge >= 0.3 is 0 Å². The molecule has 2 saturated heterocycles. The Kier molecular flexibility index (Phi) is 16.4. The fourth-order valence-corrected chi connectivity index (χ4v) is 5.67. The summed E-state index contributed by atoms with van der Waals surface area (Å²) in [4.78, 5) is 12.0. The molecule has 13 unspecified atom stereocenters. The highest BCUT2D eigenvalue weighted by Gasteiger charge is 2.51. The number of carbonyl (C=O) groups is 1. The third-order valence-electron chi connectivity index (χ3n) is 7.34. The third kappa shape index (κ3) is 9.92. The summed E-state index contributed by atoms with van der Waals surface area (Å²) >= 11 is 0. The minimum atomic E-state index is -1.78. The SMILES string of the molecule is CC(=O)NC1C(CCCCN)OC(CO)C(OC2OC(CO)C(O)C(OC(OC(CO)[C@@H](C)O)[C@@H](O)CO)C2O)C1P. The molecule has 42 heavy (non-hydrogen) atoms. The predicted molar refractivity (Wildman–Crippen MR) is 148 cm³/mol. The Morgan fingerprint density at radius 3 is 2.17 bits per heavy atom. The maximum Gasteiger partial charge on any atom is 0.217 e. The summed E-state index contributed by atoms with van der Waals surface area (Å²) in [5.74, 6) is -0.321. The number of aliphatic hydroxyl groups excluding tert-OH is 8. The van der Waals surface area contributed by atoms with Crippen LogP contribution in [0.4, 0.5) is 0 Å². The predicted octanol–water partition coefficient (Wildman–Crippen LogP) is -4.73. The van der Waals surface area contributed by atoms with E-state index in [-0.39, 0.29) is 5.91 Å². The van der Waals surface area contributed by atoms with Crippen molar-refractivity contribution in [3.63, 3.8) is 0 Å². The van der Waals surface area contributed by atoms with E-state index in [4.69, 9.17) is 29.4 Å². The van der Waals surface area contributed by atoms with Gasteiger partial charge in [0.15, 0.2) is 12.6 Å². The Morgan fingerprint density at radius 1 is 0.976 bits per heavy atom. The minimum Gasteiger partial charge on any atom is -0.394 e. The van der Waals surface area contributed by atoms with Crippen molar-refractivity contribution in [1.29, 1.82) is 0 Å². The summed E-state index contributed by atoms with van der Waals surface area (Å²) in [6.07, 6.45) is -14.3. The summed E-state index contributed by atoms with van der Waals surface area (Å²) < 4.78 is 28.9. The van der Waals surface area contributed by atoms with Crippen LogP contribution in [0.15, 0.2) is 0 Å². The van der Waals surface area contributed by atoms with E-state index in [0.717, 1.165) is 6.42 Å². The fourth-order valence-electron chi connectivity index (χ4n) is 4.99. The first-order valence-corrected chi connectivity index (χ1v) is 14.8. The number of ether oxygens (including phenoxy) is 5. The highest BCUT2D eigenvalue weighted by molar-refractivity contribution is 7.17. The third-order valence-corrected chi connectivity index (χ3v) is 8.13. The van der Waals surface area contributed by atoms with Crippen LogP contribution in [0.1, 0.15) is 33.1 Å². The van der Waals surface area contributed by atoms with Gasteiger partial charge in [-0.2, -0.15) is 0 Å². The van der Waals surface area contributed by atoms with Crippen molar-refractivity contribution in [3.8, 4) is 0 Å². The van der Waals surface area contributed by atoms with Crippen molar-refractivity contribution >= 4 is 15.1 Å². The zero-order valence-electron chi connectivity index (χ0n) is 23.9. The molecule has 1 amide bonds. The van der Waals surface area contributed by atoms with Gasteiger partial charge in [-0.15, -0.1) is 9.24 Å². The molecule has 0 radical (unpaired) electrons. The van der Waals surface area contributed by atoms with E-state index in [1.807, 2.05) is 0 Å². The van der Waals surface area contributed by atoms with Gasteiger partial charge in [0.25, 0.3) is 0 Å². The molecule has 11 N–H and O–H groups in total. The van der Waals surface area contributed by atoms with Crippen LogP contribution < -0.4 is 11.1 Å². The van der Waals surface area contributed by atoms with Crippen molar-refractivity contribution in [2.75, 3.05) is 33.0 Å². The molecule has 2 rings (SSSR count). The molecule has 0 aromatic carbocycles. The molecular formula is C25H49N2O14P. The van der Waals surface area contributed by atoms with Crippen LogP contribution in [0, 0.1) is 0 Å². The second-order valence-electron chi connectivity index (χ2n) is 10.6. The number of amides is 1. The fraction of sp³-hybridized carbons (Fsp3) is 0.960. The number of rotatable bonds is 17. The van der Waals surface area contributed by atoms with Gasteiger partial charge in [-0.1, -0.05) is 0 Å². The molecular weight excluding hydrogens is 583 g/mol. The standard InChI is InChI=1S/C25H49N2O14P/c1-11(32)15(8-29)38-24(13(34)7-28)41-22-19(35)16(9-30)39-25(20(22)36)40-21-17(10-31)37-14(5-3-4-6-26)18(23(21)42)27-12(2)33/h11,13-25,28-32,34-36H,3-10,26,42H2,1-2H3,(H,27,33)/t11-,13+,14?,15?,16?,17?,18?,19?,20?,21?,22?,23?,24?,25?/m1/s1. The molecule has 248 valence electrons. The molecule has 0 bridgehead atoms. The van der Waals surface area contributed by atoms with Gasteiger partial charge in [-0.25, -0.2) is 0 Å². The largest absolute Gasteiger partial charge is 0.394 e. The molecule has 2 aliphatic rings. The zero-order valence-corrected chi connectivity index (χ0v) is 25.1. The number of hydrogen-bond acceptors (Lipinski definition) is 15. The van der Waals surface area contributed by atoms with Gasteiger partial charge in [-0.05, 0) is 32.7 Å². The average molecular weight is 633 g/mol. The highest BCUT2D eigenvalue weighted by atomic mass is 31.0. The van der Waals surface area contributed by atoms with Gasteiger partial charge in [0, 0.05) is 12.6 Å². The molecule has 0 aliphatic carbocycles. The van der Waals surface area contributed by atoms with Crippen LogP contribution >= 0.6 is 9.24 Å². The smallest absolute Gasteiger partial charge is 0.217 e. The second-order valence-corrected chi connectivity index (χ2v) is 11.4. The Balaban J connectivity index is 2.31. The molecule has 2 fully saturated rings. The number of nitrogens with one attached hydrogen (secondary N) is 1. The first-order valence-electron chi connectivity index (χ1n) is 14.1. The second kappa shape index (κ2) is 18.3. The maximum atomic E-state index is 12.0. The van der Waals surface area contributed by atoms with Crippen LogP contribution in [0.2, 0.25) is 0 Å². The Hall–Kier alpha value is -0.660. The topological polar surface area (TPSA) is 263 Å². The number of nitrogens with two attached hydrogens (primary N) is 1. The molecule has 0 spiro atoms. The lowest BCUT2D eigenvalue weighted by atomic mass is 9.91. The number of unbranched alkanes of at least 4 members (excludes halogenated alkanes) is 1. The van der Waals surface area contributed by atoms with Gasteiger partial charge in [0.05, 0.1) is 50.8 Å². The van der Waals surface area contributed by atoms with Gasteiger partial charge < -0.3 is 75.6 Å². The quantitative estimate of drug-likeness (QED) is 0.0410. The highest BCUT2D eigenvalue weighted by Crippen LogP contribution is 2.35. The van der Waals surface area contributed by atoms with Crippen molar-refractivity contribution < 1.29 is 69.3 Å². The van der Waals surface area contributed by atoms with Gasteiger partial charge in [-0.3, -0.25) is 4.79 Å². The summed E-state index contributed by atoms with van der Waals surface area (Å²) in [5, 5.41) is 84.0. The van der Waals surface area contributed by atoms with E-state index in [0.29, 0.717) is 19.4 Å². The molecule has 0 aromatic rings. The average Bonchev–Trinajstić information content (AvgIpc) is 2.96. The maximum absolute atomic E-state index is 12.0. The Morgan fingerprint density at radius 2 is 1.64 bits per heavy atom. The van der Waals surface area contributed by atoms with Crippen molar-refractivity contribution in [2.45, 2.75) is 118 Å². The van der Waals surface area contributed by atoms with E-state index in [1.54, 1.807) is 0 Å². The summed E-state index contributed by atoms with van der Waals surface area (Å²) in [7, 11) is 2.57. The molecule has 2 heterocycles. The molecule has 17 heteroatoms. The van der Waals surface area contributed by atoms with E-state index >= 15 is 0 Å². The molecule has 0 aromatic heterocycles. The Bertz CT molecular complexity index is 787. The summed E-state index contributed by atoms with van der Waals surface area (Å²) in [6.45, 7) is 0.381. The lowest BCUT2D eigenvalue weighted by Gasteiger charge is -2.49. The van der Waals surface area contributed by atoms with Crippen molar-refractivity contribution in [3.05, 3.63) is 0 Å². The Labute approximate surface area is 247 Å². The van der Waals surface area contributed by atoms with Crippen molar-refractivity contribution in [2.24, 2.45) is 5.73 Å². The summed E-state index contributed by atoms with van der Waals surface area (Å²) in [5.41, 5.74) is 5.05. The number of hydrogen-bond donors (Lipinski definition) is 10. The van der Waals surface area contributed by atoms with Crippen LogP contribution in [0.25, 0.3) is 0 Å². The normalized spacial score (nSPS) is 36.7. The lowest BCUT2D eigenvalue weighted by molar-refractivity contribution is -0.354. The van der Waals surface area contributed by atoms with Crippen LogP contribution in [-0.2, 0) is 28.5 Å². The number of aliphatic hydroxyl groups is 8. The first kappa shape index (κ1) is 37.5. The number of carbonyl (C=O) groups excluding carboxylic acids is 1. The van der Waals surface area contributed by atoms with E-state index in [9.17, 15) is 45.6 Å². The molecule has 16 nitrogen and oxygen atoms in total. The minimum absolute atomic E-state index is 0.321. The van der Waals surface area contributed by atoms with E-state index in [2.05, 4.69) is 14.6 Å². The van der Waals surface area contributed by atoms with Crippen molar-refractivity contribution in [1.82, 2.24) is 5.32 Å². The van der Waals surface area contributed by atoms with Crippen LogP contribution in [0.3, 0.4) is 0 Å². The van der Waals surface area contributed by atoms with Crippen LogP contribution in [-0.4, -0.2) is 165 Å². The van der Waals surface area contributed by atoms with E-state index < -0.39 is 112 Å². The molecule has 0 saturated carbocycles. The molecule has 15 atom stereocenters. The molecule has 2 aliphatic heterocycles. The van der Waals surface area contributed by atoms with Gasteiger partial charge in [0.1, 0.15) is 42.7 Å². The summed E-state index contributed by atoms with van der Waals surface area (Å²) in [6, 6.07) is -0.571. The monoisotopic (exact) mass is 632 g/mol.